The number of hydrogen-bond acceptors (Lipinski definition) is 5. The summed E-state index contributed by atoms with van der Waals surface area (Å²) in [6.45, 7) is 0. The number of amides is 2. The van der Waals surface area contributed by atoms with Crippen LogP contribution < -0.4 is 9.64 Å². The molecular weight excluding hydrogens is 464 g/mol. The molecule has 174 valence electrons. The number of anilines is 1. The normalized spacial score (nSPS) is 24.3. The largest absolute Gasteiger partial charge is 0.497 e. The summed E-state index contributed by atoms with van der Waals surface area (Å²) < 4.78 is 5.22. The fourth-order valence-electron chi connectivity index (χ4n) is 5.63. The van der Waals surface area contributed by atoms with Crippen LogP contribution in [0.1, 0.15) is 27.5 Å². The van der Waals surface area contributed by atoms with Gasteiger partial charge >= 0.3 is 0 Å². The second-order valence-corrected chi connectivity index (χ2v) is 9.35. The van der Waals surface area contributed by atoms with Crippen molar-refractivity contribution in [2.75, 3.05) is 12.0 Å². The van der Waals surface area contributed by atoms with Gasteiger partial charge in [0.05, 0.1) is 30.7 Å². The number of rotatable bonds is 4. The Labute approximate surface area is 207 Å². The van der Waals surface area contributed by atoms with Gasteiger partial charge in [0.25, 0.3) is 0 Å². The summed E-state index contributed by atoms with van der Waals surface area (Å²) in [5.41, 5.74) is 2.85. The lowest BCUT2D eigenvalue weighted by Gasteiger charge is -2.35. The van der Waals surface area contributed by atoms with Crippen molar-refractivity contribution in [2.24, 2.45) is 11.8 Å². The van der Waals surface area contributed by atoms with Crippen LogP contribution in [0.3, 0.4) is 0 Å². The number of nitrogens with zero attached hydrogens (tertiary/aromatic N) is 2. The van der Waals surface area contributed by atoms with E-state index in [1.807, 2.05) is 41.4 Å². The first-order chi connectivity index (χ1) is 17.0. The SMILES string of the molecule is COc1ccc(C(=O)[C@@H]2[C@@H]3C(=O)N(c4ccc(Cl)cc4)C(=O)[C@@H]3[C@H]3c4ccccc4C=CN23)cc1. The third-order valence-electron chi connectivity index (χ3n) is 7.19. The maximum atomic E-state index is 13.9. The zero-order valence-corrected chi connectivity index (χ0v) is 19.6. The van der Waals surface area contributed by atoms with Gasteiger partial charge in [-0.15, -0.1) is 0 Å². The second kappa shape index (κ2) is 8.10. The van der Waals surface area contributed by atoms with Gasteiger partial charge in [-0.1, -0.05) is 35.9 Å². The number of carbonyl (C=O) groups excluding carboxylic acids is 3. The van der Waals surface area contributed by atoms with Crippen molar-refractivity contribution < 1.29 is 19.1 Å². The van der Waals surface area contributed by atoms with E-state index in [4.69, 9.17) is 16.3 Å². The molecule has 0 aliphatic carbocycles. The Balaban J connectivity index is 1.47. The van der Waals surface area contributed by atoms with Crippen molar-refractivity contribution >= 4 is 41.0 Å². The Morgan fingerprint density at radius 2 is 1.57 bits per heavy atom. The van der Waals surface area contributed by atoms with Gasteiger partial charge in [-0.3, -0.25) is 14.4 Å². The lowest BCUT2D eigenvalue weighted by molar-refractivity contribution is -0.123. The highest BCUT2D eigenvalue weighted by atomic mass is 35.5. The van der Waals surface area contributed by atoms with Crippen LogP contribution in [-0.2, 0) is 9.59 Å². The van der Waals surface area contributed by atoms with Crippen LogP contribution >= 0.6 is 11.6 Å². The number of benzene rings is 3. The van der Waals surface area contributed by atoms with Gasteiger partial charge in [-0.2, -0.15) is 0 Å². The molecule has 3 aliphatic rings. The number of Topliss-reactive ketones (excluding diaryl/α,β-unsaturated/α-hetero) is 1. The molecule has 6 rings (SSSR count). The summed E-state index contributed by atoms with van der Waals surface area (Å²) in [6.07, 6.45) is 3.79. The van der Waals surface area contributed by atoms with E-state index in [1.165, 1.54) is 4.90 Å². The predicted molar refractivity (Wildman–Crippen MR) is 132 cm³/mol. The molecule has 2 amide bonds. The number of ether oxygens (including phenoxy) is 1. The molecule has 0 bridgehead atoms. The van der Waals surface area contributed by atoms with Crippen LogP contribution in [0.5, 0.6) is 5.75 Å². The molecule has 3 aromatic carbocycles. The van der Waals surface area contributed by atoms with Crippen molar-refractivity contribution in [1.82, 2.24) is 4.90 Å². The minimum Gasteiger partial charge on any atom is -0.497 e. The topological polar surface area (TPSA) is 66.9 Å². The number of hydrogen-bond donors (Lipinski definition) is 0. The minimum atomic E-state index is -0.811. The summed E-state index contributed by atoms with van der Waals surface area (Å²) in [5, 5.41) is 0.512. The molecule has 0 spiro atoms. The highest BCUT2D eigenvalue weighted by Crippen LogP contribution is 2.53. The van der Waals surface area contributed by atoms with Crippen molar-refractivity contribution in [2.45, 2.75) is 12.1 Å². The Morgan fingerprint density at radius 1 is 0.886 bits per heavy atom. The highest BCUT2D eigenvalue weighted by Gasteiger charge is 2.64. The van der Waals surface area contributed by atoms with Crippen molar-refractivity contribution in [1.29, 1.82) is 0 Å². The number of fused-ring (bicyclic) bond motifs is 5. The molecule has 6 nitrogen and oxygen atoms in total. The molecule has 35 heavy (non-hydrogen) atoms. The first-order valence-electron chi connectivity index (χ1n) is 11.4. The fourth-order valence-corrected chi connectivity index (χ4v) is 5.75. The lowest BCUT2D eigenvalue weighted by atomic mass is 9.83. The van der Waals surface area contributed by atoms with E-state index in [2.05, 4.69) is 0 Å². The maximum absolute atomic E-state index is 13.9. The van der Waals surface area contributed by atoms with E-state index >= 15 is 0 Å². The molecule has 3 heterocycles. The third-order valence-corrected chi connectivity index (χ3v) is 7.44. The van der Waals surface area contributed by atoms with E-state index in [-0.39, 0.29) is 17.6 Å². The third kappa shape index (κ3) is 3.21. The number of methoxy groups -OCH3 is 1. The van der Waals surface area contributed by atoms with Gasteiger partial charge < -0.3 is 9.64 Å². The van der Waals surface area contributed by atoms with Gasteiger partial charge in [0.2, 0.25) is 11.8 Å². The van der Waals surface area contributed by atoms with E-state index in [0.29, 0.717) is 22.0 Å². The van der Waals surface area contributed by atoms with Crippen molar-refractivity contribution in [3.63, 3.8) is 0 Å². The second-order valence-electron chi connectivity index (χ2n) is 8.91. The number of carbonyl (C=O) groups is 3. The molecule has 0 N–H and O–H groups in total. The Bertz CT molecular complexity index is 1380. The Kier molecular flexibility index (Phi) is 5.00. The zero-order valence-electron chi connectivity index (χ0n) is 18.8. The Hall–Kier alpha value is -3.90. The number of ketones is 1. The van der Waals surface area contributed by atoms with Crippen molar-refractivity contribution in [3.8, 4) is 5.75 Å². The fraction of sp³-hybridized carbons (Fsp3) is 0.179. The zero-order chi connectivity index (χ0) is 24.3. The van der Waals surface area contributed by atoms with E-state index in [9.17, 15) is 14.4 Å². The lowest BCUT2D eigenvalue weighted by Crippen LogP contribution is -2.44. The van der Waals surface area contributed by atoms with Gasteiger partial charge in [0.1, 0.15) is 11.8 Å². The Morgan fingerprint density at radius 3 is 2.29 bits per heavy atom. The number of halogens is 1. The molecule has 3 aliphatic heterocycles. The molecule has 3 aromatic rings. The maximum Gasteiger partial charge on any atom is 0.240 e. The first kappa shape index (κ1) is 21.6. The van der Waals surface area contributed by atoms with Gasteiger partial charge in [-0.05, 0) is 65.7 Å². The minimum absolute atomic E-state index is 0.201. The van der Waals surface area contributed by atoms with Crippen LogP contribution in [0.15, 0.2) is 79.0 Å². The molecule has 0 unspecified atom stereocenters. The first-order valence-corrected chi connectivity index (χ1v) is 11.7. The smallest absolute Gasteiger partial charge is 0.240 e. The molecule has 4 atom stereocenters. The molecule has 0 aromatic heterocycles. The van der Waals surface area contributed by atoms with Crippen LogP contribution in [0, 0.1) is 11.8 Å². The molecule has 2 saturated heterocycles. The van der Waals surface area contributed by atoms with Gasteiger partial charge in [0.15, 0.2) is 5.78 Å². The predicted octanol–water partition coefficient (Wildman–Crippen LogP) is 4.75. The van der Waals surface area contributed by atoms with Gasteiger partial charge in [0, 0.05) is 16.8 Å². The quantitative estimate of drug-likeness (QED) is 0.395. The monoisotopic (exact) mass is 484 g/mol. The molecular formula is C28H21ClN2O4. The summed E-state index contributed by atoms with van der Waals surface area (Å²) in [7, 11) is 1.56. The van der Waals surface area contributed by atoms with Crippen molar-refractivity contribution in [3.05, 3.63) is 101 Å². The molecule has 0 saturated carbocycles. The van der Waals surface area contributed by atoms with E-state index < -0.39 is 23.9 Å². The summed E-state index contributed by atoms with van der Waals surface area (Å²) in [5.74, 6) is -1.73. The molecule has 7 heteroatoms. The molecule has 2 fully saturated rings. The van der Waals surface area contributed by atoms with E-state index in [1.54, 1.807) is 55.6 Å². The standard InChI is InChI=1S/C28H21ClN2O4/c1-35-20-12-6-17(7-13-20)26(32)25-23-22(24-21-5-3-2-4-16(21)14-15-30(24)25)27(33)31(28(23)34)19-10-8-18(29)9-11-19/h2-15,22-25H,1H3/t22-,23+,24+,25-/m0/s1. The van der Waals surface area contributed by atoms with E-state index in [0.717, 1.165) is 11.1 Å². The average Bonchev–Trinajstić information content (AvgIpc) is 3.37. The van der Waals surface area contributed by atoms with Crippen LogP contribution in [0.2, 0.25) is 5.02 Å². The van der Waals surface area contributed by atoms with Crippen LogP contribution in [0.25, 0.3) is 6.08 Å². The average molecular weight is 485 g/mol. The van der Waals surface area contributed by atoms with Crippen LogP contribution in [0.4, 0.5) is 5.69 Å². The summed E-state index contributed by atoms with van der Waals surface area (Å²) in [4.78, 5) is 44.7. The van der Waals surface area contributed by atoms with Crippen LogP contribution in [-0.4, -0.2) is 35.6 Å². The van der Waals surface area contributed by atoms with Gasteiger partial charge in [-0.25, -0.2) is 4.90 Å². The summed E-state index contributed by atoms with van der Waals surface area (Å²) >= 11 is 6.03. The highest BCUT2D eigenvalue weighted by molar-refractivity contribution is 6.31. The molecule has 0 radical (unpaired) electrons. The number of imide groups is 1. The summed E-state index contributed by atoms with van der Waals surface area (Å²) in [6, 6.07) is 20.0.